The number of hydrogen-bond acceptors (Lipinski definition) is 2. The minimum absolute atomic E-state index is 0.166. The van der Waals surface area contributed by atoms with Gasteiger partial charge in [0.05, 0.1) is 0 Å². The molecule has 19 heavy (non-hydrogen) atoms. The van der Waals surface area contributed by atoms with Gasteiger partial charge in [-0.2, -0.15) is 0 Å². The molecule has 1 aliphatic rings. The van der Waals surface area contributed by atoms with Crippen molar-refractivity contribution in [1.29, 1.82) is 0 Å². The van der Waals surface area contributed by atoms with Gasteiger partial charge in [0.1, 0.15) is 5.82 Å². The normalized spacial score (nSPS) is 16.5. The molecule has 0 amide bonds. The van der Waals surface area contributed by atoms with Gasteiger partial charge in [0, 0.05) is 18.8 Å². The van der Waals surface area contributed by atoms with Crippen molar-refractivity contribution in [2.75, 3.05) is 24.5 Å². The summed E-state index contributed by atoms with van der Waals surface area (Å²) in [6.45, 7) is 2.77. The minimum Gasteiger partial charge on any atom is -0.371 e. The number of benzene rings is 1. The fourth-order valence-electron chi connectivity index (χ4n) is 2.94. The standard InChI is InChI=1S/C16H25FN2/c17-15-7-9-16(10-8-15)19(12-4-11-18)13-14-5-2-1-3-6-14/h7-10,14H,1-6,11-13,18H2. The molecule has 1 aliphatic carbocycles. The van der Waals surface area contributed by atoms with E-state index in [0.29, 0.717) is 6.54 Å². The van der Waals surface area contributed by atoms with E-state index >= 15 is 0 Å². The SMILES string of the molecule is NCCCN(CC1CCCCC1)c1ccc(F)cc1. The Morgan fingerprint density at radius 1 is 1.11 bits per heavy atom. The highest BCUT2D eigenvalue weighted by atomic mass is 19.1. The zero-order valence-corrected chi connectivity index (χ0v) is 11.7. The van der Waals surface area contributed by atoms with Crippen LogP contribution in [0.4, 0.5) is 10.1 Å². The van der Waals surface area contributed by atoms with Crippen LogP contribution in [0.1, 0.15) is 38.5 Å². The molecule has 0 spiro atoms. The fraction of sp³-hybridized carbons (Fsp3) is 0.625. The second kappa shape index (κ2) is 7.49. The number of nitrogens with zero attached hydrogens (tertiary/aromatic N) is 1. The summed E-state index contributed by atoms with van der Waals surface area (Å²) < 4.78 is 13.0. The molecule has 1 aromatic carbocycles. The lowest BCUT2D eigenvalue weighted by Gasteiger charge is -2.31. The predicted molar refractivity (Wildman–Crippen MR) is 78.9 cm³/mol. The van der Waals surface area contributed by atoms with Gasteiger partial charge < -0.3 is 10.6 Å². The van der Waals surface area contributed by atoms with Crippen LogP contribution in [0.15, 0.2) is 24.3 Å². The Morgan fingerprint density at radius 2 is 1.79 bits per heavy atom. The van der Waals surface area contributed by atoms with E-state index in [-0.39, 0.29) is 5.82 Å². The van der Waals surface area contributed by atoms with Crippen molar-refractivity contribution in [3.8, 4) is 0 Å². The Kier molecular flexibility index (Phi) is 5.64. The third-order valence-electron chi connectivity index (χ3n) is 4.03. The summed E-state index contributed by atoms with van der Waals surface area (Å²) in [5.41, 5.74) is 6.75. The third kappa shape index (κ3) is 4.50. The van der Waals surface area contributed by atoms with Gasteiger partial charge in [0.2, 0.25) is 0 Å². The number of rotatable bonds is 6. The van der Waals surface area contributed by atoms with Crippen molar-refractivity contribution in [2.24, 2.45) is 11.7 Å². The Morgan fingerprint density at radius 3 is 2.42 bits per heavy atom. The molecule has 0 radical (unpaired) electrons. The van der Waals surface area contributed by atoms with Crippen LogP contribution < -0.4 is 10.6 Å². The van der Waals surface area contributed by atoms with Crippen molar-refractivity contribution >= 4 is 5.69 Å². The average molecular weight is 264 g/mol. The van der Waals surface area contributed by atoms with E-state index in [9.17, 15) is 4.39 Å². The molecular weight excluding hydrogens is 239 g/mol. The molecule has 1 aromatic rings. The molecule has 1 fully saturated rings. The Hall–Kier alpha value is -1.09. The van der Waals surface area contributed by atoms with E-state index in [4.69, 9.17) is 5.73 Å². The van der Waals surface area contributed by atoms with Crippen LogP contribution in [0.5, 0.6) is 0 Å². The molecule has 0 heterocycles. The van der Waals surface area contributed by atoms with E-state index in [1.54, 1.807) is 12.1 Å². The highest BCUT2D eigenvalue weighted by Gasteiger charge is 2.17. The summed E-state index contributed by atoms with van der Waals surface area (Å²) in [6.07, 6.45) is 7.76. The predicted octanol–water partition coefficient (Wildman–Crippen LogP) is 3.56. The third-order valence-corrected chi connectivity index (χ3v) is 4.03. The smallest absolute Gasteiger partial charge is 0.123 e. The van der Waals surface area contributed by atoms with Crippen LogP contribution in [0.2, 0.25) is 0 Å². The first-order chi connectivity index (χ1) is 9.29. The molecule has 106 valence electrons. The Balaban J connectivity index is 1.99. The van der Waals surface area contributed by atoms with E-state index in [2.05, 4.69) is 4.90 Å². The van der Waals surface area contributed by atoms with Crippen molar-refractivity contribution in [3.63, 3.8) is 0 Å². The van der Waals surface area contributed by atoms with E-state index in [1.165, 1.54) is 32.1 Å². The molecular formula is C16H25FN2. The first-order valence-electron chi connectivity index (χ1n) is 7.50. The Labute approximate surface area is 115 Å². The van der Waals surface area contributed by atoms with Gasteiger partial charge in [0.25, 0.3) is 0 Å². The zero-order chi connectivity index (χ0) is 13.5. The number of anilines is 1. The maximum absolute atomic E-state index is 13.0. The molecule has 0 aromatic heterocycles. The fourth-order valence-corrected chi connectivity index (χ4v) is 2.94. The maximum Gasteiger partial charge on any atom is 0.123 e. The summed E-state index contributed by atoms with van der Waals surface area (Å²) in [4.78, 5) is 2.38. The second-order valence-corrected chi connectivity index (χ2v) is 5.57. The molecule has 0 bridgehead atoms. The van der Waals surface area contributed by atoms with Crippen LogP contribution in [0, 0.1) is 11.7 Å². The number of hydrogen-bond donors (Lipinski definition) is 1. The van der Waals surface area contributed by atoms with Crippen molar-refractivity contribution in [3.05, 3.63) is 30.1 Å². The molecule has 1 saturated carbocycles. The van der Waals surface area contributed by atoms with Crippen molar-refractivity contribution in [2.45, 2.75) is 38.5 Å². The second-order valence-electron chi connectivity index (χ2n) is 5.57. The lowest BCUT2D eigenvalue weighted by Crippen LogP contribution is -2.32. The van der Waals surface area contributed by atoms with Crippen molar-refractivity contribution < 1.29 is 4.39 Å². The summed E-state index contributed by atoms with van der Waals surface area (Å²) in [5, 5.41) is 0. The van der Waals surface area contributed by atoms with Gasteiger partial charge in [-0.25, -0.2) is 4.39 Å². The maximum atomic E-state index is 13.0. The summed E-state index contributed by atoms with van der Waals surface area (Å²) in [6, 6.07) is 6.86. The highest BCUT2D eigenvalue weighted by Crippen LogP contribution is 2.26. The summed E-state index contributed by atoms with van der Waals surface area (Å²) in [5.74, 6) is 0.622. The molecule has 2 nitrogen and oxygen atoms in total. The molecule has 2 N–H and O–H groups in total. The van der Waals surface area contributed by atoms with Gasteiger partial charge >= 0.3 is 0 Å². The molecule has 3 heteroatoms. The molecule has 0 atom stereocenters. The number of halogens is 1. The van der Waals surface area contributed by atoms with Crippen LogP contribution in [-0.2, 0) is 0 Å². The van der Waals surface area contributed by atoms with Crippen LogP contribution in [0.3, 0.4) is 0 Å². The van der Waals surface area contributed by atoms with Crippen LogP contribution >= 0.6 is 0 Å². The first kappa shape index (κ1) is 14.3. The quantitative estimate of drug-likeness (QED) is 0.851. The van der Waals surface area contributed by atoms with Crippen molar-refractivity contribution in [1.82, 2.24) is 0 Å². The van der Waals surface area contributed by atoms with E-state index in [1.807, 2.05) is 12.1 Å². The largest absolute Gasteiger partial charge is 0.371 e. The van der Waals surface area contributed by atoms with Gasteiger partial charge in [-0.1, -0.05) is 19.3 Å². The zero-order valence-electron chi connectivity index (χ0n) is 11.7. The van der Waals surface area contributed by atoms with Gasteiger partial charge in [0.15, 0.2) is 0 Å². The van der Waals surface area contributed by atoms with Crippen LogP contribution in [-0.4, -0.2) is 19.6 Å². The summed E-state index contributed by atoms with van der Waals surface area (Å²) in [7, 11) is 0. The van der Waals surface area contributed by atoms with E-state index in [0.717, 1.165) is 31.1 Å². The molecule has 0 unspecified atom stereocenters. The first-order valence-corrected chi connectivity index (χ1v) is 7.50. The monoisotopic (exact) mass is 264 g/mol. The minimum atomic E-state index is -0.166. The van der Waals surface area contributed by atoms with Crippen LogP contribution in [0.25, 0.3) is 0 Å². The van der Waals surface area contributed by atoms with Gasteiger partial charge in [-0.15, -0.1) is 0 Å². The number of nitrogens with two attached hydrogens (primary N) is 1. The lowest BCUT2D eigenvalue weighted by molar-refractivity contribution is 0.357. The molecule has 2 rings (SSSR count). The van der Waals surface area contributed by atoms with E-state index < -0.39 is 0 Å². The average Bonchev–Trinajstić information content (AvgIpc) is 2.45. The van der Waals surface area contributed by atoms with Gasteiger partial charge in [-0.3, -0.25) is 0 Å². The molecule has 0 aliphatic heterocycles. The Bertz CT molecular complexity index is 358. The molecule has 0 saturated heterocycles. The topological polar surface area (TPSA) is 29.3 Å². The lowest BCUT2D eigenvalue weighted by atomic mass is 9.89. The van der Waals surface area contributed by atoms with Gasteiger partial charge in [-0.05, 0) is 56.0 Å². The highest BCUT2D eigenvalue weighted by molar-refractivity contribution is 5.46. The summed E-state index contributed by atoms with van der Waals surface area (Å²) >= 11 is 0.